The fourth-order valence-electron chi connectivity index (χ4n) is 9.56. The Balaban J connectivity index is 1.16. The molecule has 1 nitrogen and oxygen atoms in total. The summed E-state index contributed by atoms with van der Waals surface area (Å²) in [5, 5.41) is 0. The number of fused-ring (bicyclic) bond motifs is 10. The molecule has 0 aliphatic heterocycles. The van der Waals surface area contributed by atoms with Gasteiger partial charge in [0.2, 0.25) is 0 Å². The van der Waals surface area contributed by atoms with Crippen molar-refractivity contribution in [2.45, 2.75) is 24.2 Å². The van der Waals surface area contributed by atoms with Crippen LogP contribution in [-0.4, -0.2) is 0 Å². The molecule has 0 bridgehead atoms. The number of para-hydroxylation sites is 1. The topological polar surface area (TPSA) is 3.24 Å². The Morgan fingerprint density at radius 2 is 1.29 bits per heavy atom. The minimum atomic E-state index is -0.276. The first-order valence-electron chi connectivity index (χ1n) is 17.3. The van der Waals surface area contributed by atoms with Crippen LogP contribution in [0.1, 0.15) is 46.6 Å². The first-order chi connectivity index (χ1) is 24.2. The Morgan fingerprint density at radius 3 is 2.04 bits per heavy atom. The molecule has 6 aromatic carbocycles. The molecule has 0 saturated heterocycles. The van der Waals surface area contributed by atoms with E-state index in [0.717, 1.165) is 17.1 Å². The van der Waals surface area contributed by atoms with E-state index in [4.69, 9.17) is 0 Å². The second-order valence-corrected chi connectivity index (χ2v) is 13.6. The molecule has 10 rings (SSSR count). The Bertz CT molecular complexity index is 2390. The summed E-state index contributed by atoms with van der Waals surface area (Å²) in [6.07, 6.45) is 11.3. The molecule has 0 fully saturated rings. The van der Waals surface area contributed by atoms with Crippen LogP contribution in [0.2, 0.25) is 0 Å². The van der Waals surface area contributed by atoms with Gasteiger partial charge in [-0.25, -0.2) is 0 Å². The third kappa shape index (κ3) is 3.70. The van der Waals surface area contributed by atoms with Gasteiger partial charge in [0.05, 0.1) is 5.41 Å². The summed E-state index contributed by atoms with van der Waals surface area (Å²) < 4.78 is 0. The van der Waals surface area contributed by atoms with Gasteiger partial charge in [0.1, 0.15) is 0 Å². The standard InChI is InChI=1S/C48H35N/c1-3-33(4-2)49(34-16-6-5-7-17-34)35-18-12-15-31(29-35)32-27-28-36-39-21-13-25-44-46(39)47-40(41(36)30-32)22-14-26-45(47)48(44)42-23-10-8-19-37(42)38-20-9-11-24-43(38)48/h3-30,39,46H,1H2,2H3/b33-4+. The largest absolute Gasteiger partial charge is 0.311 e. The summed E-state index contributed by atoms with van der Waals surface area (Å²) in [6.45, 7) is 6.20. The van der Waals surface area contributed by atoms with Crippen LogP contribution in [0.15, 0.2) is 188 Å². The van der Waals surface area contributed by atoms with Crippen molar-refractivity contribution in [2.24, 2.45) is 0 Å². The minimum absolute atomic E-state index is 0.276. The Morgan fingerprint density at radius 1 is 0.633 bits per heavy atom. The molecular weight excluding hydrogens is 591 g/mol. The lowest BCUT2D eigenvalue weighted by molar-refractivity contribution is 0.649. The van der Waals surface area contributed by atoms with Gasteiger partial charge in [-0.05, 0) is 110 Å². The van der Waals surface area contributed by atoms with E-state index in [0.29, 0.717) is 11.8 Å². The molecule has 4 aliphatic carbocycles. The van der Waals surface area contributed by atoms with Crippen LogP contribution in [-0.2, 0) is 5.41 Å². The van der Waals surface area contributed by atoms with Crippen LogP contribution in [0.5, 0.6) is 0 Å². The van der Waals surface area contributed by atoms with Crippen LogP contribution in [0, 0.1) is 0 Å². The lowest BCUT2D eigenvalue weighted by Crippen LogP contribution is -2.28. The maximum Gasteiger partial charge on any atom is 0.0685 e. The fraction of sp³-hybridized carbons (Fsp3) is 0.0833. The molecule has 0 heterocycles. The number of benzene rings is 6. The third-order valence-electron chi connectivity index (χ3n) is 11.4. The van der Waals surface area contributed by atoms with Gasteiger partial charge in [0, 0.05) is 28.9 Å². The zero-order valence-electron chi connectivity index (χ0n) is 27.5. The summed E-state index contributed by atoms with van der Waals surface area (Å²) >= 11 is 0. The summed E-state index contributed by atoms with van der Waals surface area (Å²) in [5.41, 5.74) is 19.6. The zero-order chi connectivity index (χ0) is 32.7. The first-order valence-corrected chi connectivity index (χ1v) is 17.3. The Labute approximate surface area is 288 Å². The molecule has 0 N–H and O–H groups in total. The van der Waals surface area contributed by atoms with Crippen molar-refractivity contribution in [1.29, 1.82) is 0 Å². The molecule has 6 aromatic rings. The van der Waals surface area contributed by atoms with Crippen LogP contribution in [0.4, 0.5) is 11.4 Å². The van der Waals surface area contributed by atoms with Crippen molar-refractivity contribution in [1.82, 2.24) is 0 Å². The van der Waals surface area contributed by atoms with Crippen LogP contribution >= 0.6 is 0 Å². The Kier molecular flexibility index (Phi) is 6.05. The van der Waals surface area contributed by atoms with Crippen LogP contribution < -0.4 is 4.90 Å². The highest BCUT2D eigenvalue weighted by molar-refractivity contribution is 5.93. The van der Waals surface area contributed by atoms with Gasteiger partial charge in [0.25, 0.3) is 0 Å². The van der Waals surface area contributed by atoms with Crippen LogP contribution in [0.3, 0.4) is 0 Å². The molecule has 2 atom stereocenters. The predicted molar refractivity (Wildman–Crippen MR) is 204 cm³/mol. The van der Waals surface area contributed by atoms with Gasteiger partial charge in [-0.15, -0.1) is 0 Å². The highest BCUT2D eigenvalue weighted by atomic mass is 15.1. The normalized spacial score (nSPS) is 18.3. The number of anilines is 2. The molecule has 0 radical (unpaired) electrons. The quantitative estimate of drug-likeness (QED) is 0.172. The SMILES string of the molecule is C=C/C(=C\C)N(c1ccccc1)c1cccc(-c2ccc3c(c2)-c2cccc4c2C2C(=CC=CC32)C42c3ccccc3-c3ccccc32)c1. The number of rotatable bonds is 5. The molecule has 0 saturated carbocycles. The van der Waals surface area contributed by atoms with Crippen molar-refractivity contribution in [3.8, 4) is 33.4 Å². The molecule has 1 spiro atoms. The molecule has 232 valence electrons. The van der Waals surface area contributed by atoms with Crippen molar-refractivity contribution in [3.63, 3.8) is 0 Å². The van der Waals surface area contributed by atoms with Gasteiger partial charge in [-0.1, -0.05) is 140 Å². The molecule has 2 unspecified atom stereocenters. The lowest BCUT2D eigenvalue weighted by Gasteiger charge is -2.37. The van der Waals surface area contributed by atoms with Crippen molar-refractivity contribution < 1.29 is 0 Å². The molecule has 1 heteroatoms. The van der Waals surface area contributed by atoms with E-state index in [1.54, 1.807) is 0 Å². The molecular formula is C48H35N. The monoisotopic (exact) mass is 625 g/mol. The lowest BCUT2D eigenvalue weighted by atomic mass is 9.65. The predicted octanol–water partition coefficient (Wildman–Crippen LogP) is 12.3. The van der Waals surface area contributed by atoms with E-state index in [-0.39, 0.29) is 5.41 Å². The van der Waals surface area contributed by atoms with E-state index < -0.39 is 0 Å². The minimum Gasteiger partial charge on any atom is -0.311 e. The second kappa shape index (κ2) is 10.5. The number of hydrogen-bond acceptors (Lipinski definition) is 1. The molecule has 49 heavy (non-hydrogen) atoms. The van der Waals surface area contributed by atoms with E-state index in [2.05, 4.69) is 182 Å². The summed E-state index contributed by atoms with van der Waals surface area (Å²) in [6, 6.07) is 52.0. The van der Waals surface area contributed by atoms with Crippen molar-refractivity contribution in [2.75, 3.05) is 4.90 Å². The van der Waals surface area contributed by atoms with Crippen molar-refractivity contribution in [3.05, 3.63) is 216 Å². The number of nitrogens with zero attached hydrogens (tertiary/aromatic N) is 1. The van der Waals surface area contributed by atoms with Gasteiger partial charge in [0.15, 0.2) is 0 Å². The molecule has 0 aromatic heterocycles. The van der Waals surface area contributed by atoms with Gasteiger partial charge >= 0.3 is 0 Å². The highest BCUT2D eigenvalue weighted by Crippen LogP contribution is 2.69. The van der Waals surface area contributed by atoms with E-state index in [1.165, 1.54) is 66.8 Å². The Hall–Kier alpha value is -5.92. The fourth-order valence-corrected chi connectivity index (χ4v) is 9.56. The second-order valence-electron chi connectivity index (χ2n) is 13.6. The van der Waals surface area contributed by atoms with Crippen molar-refractivity contribution >= 4 is 11.4 Å². The smallest absolute Gasteiger partial charge is 0.0685 e. The maximum atomic E-state index is 4.13. The average Bonchev–Trinajstić information content (AvgIpc) is 3.65. The summed E-state index contributed by atoms with van der Waals surface area (Å²) in [5.74, 6) is 0.608. The highest BCUT2D eigenvalue weighted by Gasteiger charge is 2.58. The van der Waals surface area contributed by atoms with Crippen LogP contribution in [0.25, 0.3) is 33.4 Å². The summed E-state index contributed by atoms with van der Waals surface area (Å²) in [7, 11) is 0. The molecule has 4 aliphatic rings. The zero-order valence-corrected chi connectivity index (χ0v) is 27.5. The maximum absolute atomic E-state index is 4.13. The van der Waals surface area contributed by atoms with E-state index in [1.807, 2.05) is 6.08 Å². The van der Waals surface area contributed by atoms with Gasteiger partial charge < -0.3 is 4.90 Å². The first kappa shape index (κ1) is 28.1. The average molecular weight is 626 g/mol. The number of hydrogen-bond donors (Lipinski definition) is 0. The van der Waals surface area contributed by atoms with Gasteiger partial charge in [-0.2, -0.15) is 0 Å². The number of allylic oxidation sites excluding steroid dienone is 6. The third-order valence-corrected chi connectivity index (χ3v) is 11.4. The van der Waals surface area contributed by atoms with Gasteiger partial charge in [-0.3, -0.25) is 0 Å². The summed E-state index contributed by atoms with van der Waals surface area (Å²) in [4.78, 5) is 2.28. The van der Waals surface area contributed by atoms with E-state index in [9.17, 15) is 0 Å². The van der Waals surface area contributed by atoms with E-state index >= 15 is 0 Å². The molecule has 0 amide bonds.